The number of fused-ring (bicyclic) bond motifs is 1. The summed E-state index contributed by atoms with van der Waals surface area (Å²) in [4.78, 5) is 14.0. The van der Waals surface area contributed by atoms with Crippen molar-refractivity contribution >= 4 is 27.0 Å². The van der Waals surface area contributed by atoms with Gasteiger partial charge in [-0.1, -0.05) is 0 Å². The molecule has 0 bridgehead atoms. The molecule has 1 aromatic heterocycles. The highest BCUT2D eigenvalue weighted by atomic mass is 32.2. The molecule has 0 aliphatic heterocycles. The van der Waals surface area contributed by atoms with Crippen molar-refractivity contribution in [1.82, 2.24) is 0 Å². The predicted octanol–water partition coefficient (Wildman–Crippen LogP) is 2.56. The average Bonchev–Trinajstić information content (AvgIpc) is 3.14. The molecule has 26 heavy (non-hydrogen) atoms. The first-order chi connectivity index (χ1) is 12.2. The Labute approximate surface area is 156 Å². The minimum absolute atomic E-state index is 0.0248. The van der Waals surface area contributed by atoms with Gasteiger partial charge in [0.25, 0.3) is 0 Å². The first-order valence-electron chi connectivity index (χ1n) is 9.17. The van der Waals surface area contributed by atoms with Crippen LogP contribution in [0.15, 0.2) is 4.90 Å². The van der Waals surface area contributed by atoms with E-state index in [1.165, 1.54) is 11.3 Å². The number of carbonyl (C=O) groups is 1. The molecule has 3 aliphatic rings. The number of carbonyl (C=O) groups excluding carboxylic acids is 1. The summed E-state index contributed by atoms with van der Waals surface area (Å²) >= 11 is 1.37. The van der Waals surface area contributed by atoms with Crippen LogP contribution in [0.25, 0.3) is 0 Å². The maximum Gasteiger partial charge on any atom is 0.180 e. The van der Waals surface area contributed by atoms with Crippen molar-refractivity contribution in [2.75, 3.05) is 5.75 Å². The third-order valence-corrected chi connectivity index (χ3v) is 9.17. The zero-order valence-corrected chi connectivity index (χ0v) is 16.1. The van der Waals surface area contributed by atoms with Gasteiger partial charge in [-0.15, -0.1) is 11.3 Å². The van der Waals surface area contributed by atoms with Crippen LogP contribution in [0.5, 0.6) is 0 Å². The lowest BCUT2D eigenvalue weighted by Gasteiger charge is -2.29. The van der Waals surface area contributed by atoms with E-state index in [2.05, 4.69) is 0 Å². The Hall–Kier alpha value is -0.860. The summed E-state index contributed by atoms with van der Waals surface area (Å²) in [6, 6.07) is -0.0906. The van der Waals surface area contributed by atoms with Crippen LogP contribution in [0.1, 0.15) is 41.0 Å². The van der Waals surface area contributed by atoms with Crippen molar-refractivity contribution in [1.29, 1.82) is 0 Å². The number of ketones is 1. The molecular formula is C18H23F2NO3S2. The Morgan fingerprint density at radius 3 is 2.54 bits per heavy atom. The van der Waals surface area contributed by atoms with Crippen molar-refractivity contribution in [3.63, 3.8) is 0 Å². The lowest BCUT2D eigenvalue weighted by Crippen LogP contribution is -2.32. The Morgan fingerprint density at radius 1 is 1.23 bits per heavy atom. The molecule has 0 spiro atoms. The van der Waals surface area contributed by atoms with Crippen LogP contribution in [0.3, 0.4) is 0 Å². The van der Waals surface area contributed by atoms with Crippen LogP contribution in [-0.4, -0.2) is 38.3 Å². The maximum atomic E-state index is 13.2. The second-order valence-electron chi connectivity index (χ2n) is 7.98. The van der Waals surface area contributed by atoms with Gasteiger partial charge in [-0.25, -0.2) is 17.2 Å². The van der Waals surface area contributed by atoms with Crippen molar-refractivity contribution < 1.29 is 22.0 Å². The van der Waals surface area contributed by atoms with E-state index in [4.69, 9.17) is 5.73 Å². The molecule has 1 heterocycles. The van der Waals surface area contributed by atoms with Gasteiger partial charge in [0.15, 0.2) is 9.84 Å². The molecule has 2 fully saturated rings. The predicted molar refractivity (Wildman–Crippen MR) is 95.7 cm³/mol. The van der Waals surface area contributed by atoms with Crippen LogP contribution >= 0.6 is 11.3 Å². The fourth-order valence-corrected chi connectivity index (χ4v) is 7.98. The first-order valence-corrected chi connectivity index (χ1v) is 11.6. The molecule has 2 N–H and O–H groups in total. The molecule has 3 atom stereocenters. The van der Waals surface area contributed by atoms with E-state index in [-0.39, 0.29) is 54.1 Å². The molecule has 0 saturated heterocycles. The standard InChI is InChI=1S/C18H23F2NO3S2/c19-10-3-9(4-10)8-26(23,24)18-13-5-11(21)1-2-16(13)25-17(18)7-15(22)12-6-14(12)20/h9-12,14H,1-8,21H2/t9?,10?,11-,12-,14-/m0/s1. The van der Waals surface area contributed by atoms with Gasteiger partial charge in [0, 0.05) is 22.2 Å². The molecule has 4 nitrogen and oxygen atoms in total. The topological polar surface area (TPSA) is 77.2 Å². The summed E-state index contributed by atoms with van der Waals surface area (Å²) in [6.07, 6.45) is 0.792. The number of sulfone groups is 1. The van der Waals surface area contributed by atoms with Gasteiger partial charge in [-0.3, -0.25) is 4.79 Å². The molecule has 4 rings (SSSR count). The Kier molecular flexibility index (Phi) is 4.72. The highest BCUT2D eigenvalue weighted by Gasteiger charge is 2.44. The van der Waals surface area contributed by atoms with Crippen LogP contribution in [0.2, 0.25) is 0 Å². The largest absolute Gasteiger partial charge is 0.327 e. The summed E-state index contributed by atoms with van der Waals surface area (Å²) in [5.41, 5.74) is 6.80. The Balaban J connectivity index is 1.66. The van der Waals surface area contributed by atoms with E-state index < -0.39 is 28.1 Å². The zero-order chi connectivity index (χ0) is 18.6. The van der Waals surface area contributed by atoms with Gasteiger partial charge in [-0.2, -0.15) is 0 Å². The second kappa shape index (κ2) is 6.63. The lowest BCUT2D eigenvalue weighted by molar-refractivity contribution is -0.119. The smallest absolute Gasteiger partial charge is 0.180 e. The molecule has 8 heteroatoms. The minimum atomic E-state index is -3.62. The molecule has 2 saturated carbocycles. The van der Waals surface area contributed by atoms with Gasteiger partial charge in [0.2, 0.25) is 0 Å². The lowest BCUT2D eigenvalue weighted by atomic mass is 9.85. The SMILES string of the molecule is N[C@H]1CCc2sc(CC(=O)[C@H]3C[C@@H]3F)c(S(=O)(=O)CC3CC(F)C3)c2C1. The number of alkyl halides is 2. The number of rotatable bonds is 6. The van der Waals surface area contributed by atoms with Crippen molar-refractivity contribution in [3.8, 4) is 0 Å². The second-order valence-corrected chi connectivity index (χ2v) is 11.1. The fraction of sp³-hybridized carbons (Fsp3) is 0.722. The van der Waals surface area contributed by atoms with Crippen molar-refractivity contribution in [2.45, 2.75) is 68.2 Å². The Morgan fingerprint density at radius 2 is 1.92 bits per heavy atom. The van der Waals surface area contributed by atoms with Gasteiger partial charge in [0.05, 0.1) is 16.6 Å². The average molecular weight is 404 g/mol. The number of halogens is 2. The molecule has 1 aromatic rings. The molecule has 3 aliphatic carbocycles. The molecule has 0 unspecified atom stereocenters. The summed E-state index contributed by atoms with van der Waals surface area (Å²) in [5, 5.41) is 0. The Bertz CT molecular complexity index is 830. The van der Waals surface area contributed by atoms with E-state index >= 15 is 0 Å². The molecule has 0 aromatic carbocycles. The van der Waals surface area contributed by atoms with Crippen molar-refractivity contribution in [2.24, 2.45) is 17.6 Å². The molecule has 0 amide bonds. The molecule has 144 valence electrons. The third-order valence-electron chi connectivity index (χ3n) is 5.72. The van der Waals surface area contributed by atoms with E-state index in [0.717, 1.165) is 16.9 Å². The monoisotopic (exact) mass is 403 g/mol. The molecule has 0 radical (unpaired) electrons. The first kappa shape index (κ1) is 18.5. The van der Waals surface area contributed by atoms with E-state index in [9.17, 15) is 22.0 Å². The summed E-state index contributed by atoms with van der Waals surface area (Å²) in [5.74, 6) is -1.04. The van der Waals surface area contributed by atoms with E-state index in [1.54, 1.807) is 0 Å². The van der Waals surface area contributed by atoms with Crippen LogP contribution in [0.4, 0.5) is 8.78 Å². The summed E-state index contributed by atoms with van der Waals surface area (Å²) in [6.45, 7) is 0. The minimum Gasteiger partial charge on any atom is -0.327 e. The van der Waals surface area contributed by atoms with E-state index in [0.29, 0.717) is 17.7 Å². The number of nitrogens with two attached hydrogens (primary N) is 1. The van der Waals surface area contributed by atoms with Crippen LogP contribution in [0, 0.1) is 11.8 Å². The summed E-state index contributed by atoms with van der Waals surface area (Å²) < 4.78 is 52.5. The quantitative estimate of drug-likeness (QED) is 0.792. The van der Waals surface area contributed by atoms with Crippen LogP contribution in [-0.2, 0) is 33.9 Å². The van der Waals surface area contributed by atoms with Gasteiger partial charge < -0.3 is 5.73 Å². The van der Waals surface area contributed by atoms with Crippen LogP contribution < -0.4 is 5.73 Å². The number of Topliss-reactive ketones (excluding diaryl/α,β-unsaturated/α-hetero) is 1. The zero-order valence-electron chi connectivity index (χ0n) is 14.4. The maximum absolute atomic E-state index is 13.2. The van der Waals surface area contributed by atoms with Gasteiger partial charge in [-0.05, 0) is 50.0 Å². The van der Waals surface area contributed by atoms with Gasteiger partial charge >= 0.3 is 0 Å². The molecular weight excluding hydrogens is 380 g/mol. The normalized spacial score (nSPS) is 33.4. The highest BCUT2D eigenvalue weighted by Crippen LogP contribution is 2.42. The highest BCUT2D eigenvalue weighted by molar-refractivity contribution is 7.91. The fourth-order valence-electron chi connectivity index (χ4n) is 4.09. The van der Waals surface area contributed by atoms with E-state index in [1.807, 2.05) is 0 Å². The number of aryl methyl sites for hydroxylation is 1. The third kappa shape index (κ3) is 3.47. The van der Waals surface area contributed by atoms with Gasteiger partial charge in [0.1, 0.15) is 18.1 Å². The number of hydrogen-bond acceptors (Lipinski definition) is 5. The number of thiophene rings is 1. The number of hydrogen-bond donors (Lipinski definition) is 1. The summed E-state index contributed by atoms with van der Waals surface area (Å²) in [7, 11) is -3.62. The van der Waals surface area contributed by atoms with Crippen molar-refractivity contribution in [3.05, 3.63) is 15.3 Å².